The van der Waals surface area contributed by atoms with Crippen LogP contribution in [0.2, 0.25) is 0 Å². The van der Waals surface area contributed by atoms with Crippen molar-refractivity contribution < 1.29 is 38.8 Å². The zero-order valence-corrected chi connectivity index (χ0v) is 33.5. The van der Waals surface area contributed by atoms with Gasteiger partial charge in [0.15, 0.2) is 0 Å². The number of unbranched alkanes of at least 4 members (excludes halogenated alkanes) is 2. The van der Waals surface area contributed by atoms with Gasteiger partial charge in [-0.05, 0) is 105 Å². The van der Waals surface area contributed by atoms with Crippen molar-refractivity contribution in [3.05, 3.63) is 103 Å². The molecule has 300 valence electrons. The van der Waals surface area contributed by atoms with Crippen LogP contribution in [0.1, 0.15) is 77.2 Å². The van der Waals surface area contributed by atoms with Gasteiger partial charge < -0.3 is 38.9 Å². The summed E-state index contributed by atoms with van der Waals surface area (Å²) in [6, 6.07) is 23.6. The zero-order valence-electron chi connectivity index (χ0n) is 33.5. The first-order valence-electron chi connectivity index (χ1n) is 19.9. The third kappa shape index (κ3) is 8.83. The van der Waals surface area contributed by atoms with Crippen molar-refractivity contribution in [2.75, 3.05) is 34.0 Å². The molecule has 1 heterocycles. The summed E-state index contributed by atoms with van der Waals surface area (Å²) >= 11 is 0. The number of carbonyl (C=O) groups excluding carboxylic acids is 1. The molecule has 3 aliphatic rings. The van der Waals surface area contributed by atoms with Crippen LogP contribution in [-0.2, 0) is 14.3 Å². The van der Waals surface area contributed by atoms with Crippen molar-refractivity contribution in [1.82, 2.24) is 4.90 Å². The number of oxime groups is 1. The van der Waals surface area contributed by atoms with Crippen molar-refractivity contribution in [1.29, 1.82) is 0 Å². The highest BCUT2D eigenvalue weighted by atomic mass is 16.7. The molecule has 6 rings (SSSR count). The van der Waals surface area contributed by atoms with Gasteiger partial charge in [0.1, 0.15) is 28.9 Å². The highest BCUT2D eigenvalue weighted by molar-refractivity contribution is 6.03. The van der Waals surface area contributed by atoms with Gasteiger partial charge in [0.25, 0.3) is 0 Å². The Labute approximate surface area is 331 Å². The smallest absolute Gasteiger partial charge is 0.409 e. The monoisotopic (exact) mass is 766 g/mol. The van der Waals surface area contributed by atoms with Gasteiger partial charge in [0, 0.05) is 38.2 Å². The molecule has 6 atom stereocenters. The number of benzene rings is 3. The molecule has 1 aliphatic heterocycles. The Morgan fingerprint density at radius 2 is 1.64 bits per heavy atom. The molecular weight excluding hydrogens is 709 g/mol. The van der Waals surface area contributed by atoms with Gasteiger partial charge in [-0.1, -0.05) is 72.6 Å². The van der Waals surface area contributed by atoms with E-state index in [-0.39, 0.29) is 37.6 Å². The van der Waals surface area contributed by atoms with E-state index in [1.807, 2.05) is 63.2 Å². The fourth-order valence-electron chi connectivity index (χ4n) is 8.74. The minimum absolute atomic E-state index is 0.0933. The summed E-state index contributed by atoms with van der Waals surface area (Å²) in [6.45, 7) is 10.3. The molecule has 6 unspecified atom stereocenters. The van der Waals surface area contributed by atoms with E-state index in [0.717, 1.165) is 53.7 Å². The Bertz CT molecular complexity index is 1850. The number of likely N-dealkylation sites (N-methyl/N-ethyl adjacent to an activating group) is 1. The second kappa shape index (κ2) is 18.1. The van der Waals surface area contributed by atoms with E-state index in [0.29, 0.717) is 36.5 Å². The van der Waals surface area contributed by atoms with E-state index in [1.54, 1.807) is 18.0 Å². The maximum Gasteiger partial charge on any atom is 0.409 e. The molecular formula is C46H58N2O8. The Morgan fingerprint density at radius 3 is 2.30 bits per heavy atom. The fourth-order valence-corrected chi connectivity index (χ4v) is 8.74. The normalized spacial score (nSPS) is 24.6. The number of fused-ring (bicyclic) bond motifs is 2. The SMILES string of the molecule is C=CCOC12Oc3ccc(Oc4ccc(-c5ccccc5)cc4)cc3C3C(CCCCO)C(CCCCO)C=C(C(=NOC(C)(C)C)CC1N(C)C(=O)OC)C32. The number of hydrogen-bond acceptors (Lipinski definition) is 9. The number of allylic oxidation sites excluding steroid dienone is 1. The lowest BCUT2D eigenvalue weighted by Crippen LogP contribution is -2.69. The first kappa shape index (κ1) is 41.0. The lowest BCUT2D eigenvalue weighted by Gasteiger charge is -2.59. The summed E-state index contributed by atoms with van der Waals surface area (Å²) in [5.74, 6) is 0.310. The van der Waals surface area contributed by atoms with Crippen LogP contribution in [-0.4, -0.2) is 78.3 Å². The van der Waals surface area contributed by atoms with E-state index in [9.17, 15) is 15.0 Å². The molecule has 56 heavy (non-hydrogen) atoms. The predicted molar refractivity (Wildman–Crippen MR) is 218 cm³/mol. The van der Waals surface area contributed by atoms with Crippen LogP contribution >= 0.6 is 0 Å². The van der Waals surface area contributed by atoms with Crippen molar-refractivity contribution in [2.24, 2.45) is 22.9 Å². The zero-order chi connectivity index (χ0) is 39.9. The third-order valence-electron chi connectivity index (χ3n) is 11.2. The van der Waals surface area contributed by atoms with Crippen LogP contribution in [0.3, 0.4) is 0 Å². The van der Waals surface area contributed by atoms with Gasteiger partial charge in [0.05, 0.1) is 25.3 Å². The number of ether oxygens (including phenoxy) is 4. The topological polar surface area (TPSA) is 119 Å². The Hall–Kier alpha value is -4.64. The lowest BCUT2D eigenvalue weighted by atomic mass is 9.55. The maximum absolute atomic E-state index is 13.4. The second-order valence-electron chi connectivity index (χ2n) is 16.0. The van der Waals surface area contributed by atoms with Gasteiger partial charge in [-0.3, -0.25) is 0 Å². The van der Waals surface area contributed by atoms with E-state index < -0.39 is 29.4 Å². The second-order valence-corrected chi connectivity index (χ2v) is 16.0. The van der Waals surface area contributed by atoms with Crippen molar-refractivity contribution >= 4 is 11.8 Å². The van der Waals surface area contributed by atoms with Crippen LogP contribution < -0.4 is 9.47 Å². The molecule has 0 bridgehead atoms. The van der Waals surface area contributed by atoms with Crippen LogP contribution in [0.25, 0.3) is 11.1 Å². The maximum atomic E-state index is 13.4. The van der Waals surface area contributed by atoms with Gasteiger partial charge in [-0.25, -0.2) is 4.79 Å². The average molecular weight is 767 g/mol. The van der Waals surface area contributed by atoms with Crippen LogP contribution in [0.5, 0.6) is 17.2 Å². The number of carbonyl (C=O) groups is 1. The van der Waals surface area contributed by atoms with E-state index >= 15 is 0 Å². The molecule has 1 saturated carbocycles. The molecule has 10 nitrogen and oxygen atoms in total. The Balaban J connectivity index is 1.52. The lowest BCUT2D eigenvalue weighted by molar-refractivity contribution is -0.253. The molecule has 0 spiro atoms. The molecule has 0 radical (unpaired) electrons. The Morgan fingerprint density at radius 1 is 0.964 bits per heavy atom. The molecule has 0 saturated heterocycles. The van der Waals surface area contributed by atoms with E-state index in [1.165, 1.54) is 7.11 Å². The number of rotatable bonds is 16. The number of hydrogen-bond donors (Lipinski definition) is 2. The number of nitrogens with zero attached hydrogens (tertiary/aromatic N) is 2. The first-order valence-corrected chi connectivity index (χ1v) is 19.9. The Kier molecular flexibility index (Phi) is 13.2. The largest absolute Gasteiger partial charge is 0.459 e. The van der Waals surface area contributed by atoms with Crippen LogP contribution in [0.4, 0.5) is 4.79 Å². The minimum Gasteiger partial charge on any atom is -0.459 e. The van der Waals surface area contributed by atoms with Gasteiger partial charge in [-0.15, -0.1) is 6.58 Å². The van der Waals surface area contributed by atoms with Crippen molar-refractivity contribution in [2.45, 2.75) is 89.1 Å². The van der Waals surface area contributed by atoms with Crippen LogP contribution in [0, 0.1) is 17.8 Å². The minimum atomic E-state index is -1.34. The highest BCUT2D eigenvalue weighted by Gasteiger charge is 2.65. The first-order chi connectivity index (χ1) is 27.0. The fraction of sp³-hybridized carbons (Fsp3) is 0.478. The number of aliphatic hydroxyl groups excluding tert-OH is 2. The summed E-state index contributed by atoms with van der Waals surface area (Å²) in [6.07, 6.45) is 8.54. The standard InChI is InChI=1S/C46H58N2O8/c1-7-27-53-46-41(48(5)44(51)52-6)30-39(47-56-45(2,3)4)37-28-33(17-11-13-25-49)36(18-12-14-26-50)42(43(37)46)38-29-35(23-24-40(38)55-46)54-34-21-19-32(20-22-34)31-15-9-8-10-16-31/h7-10,15-16,19-24,28-29,33,36,41-43,49-50H,1,11-14,17-18,25-27,30H2,2-6H3. The predicted octanol–water partition coefficient (Wildman–Crippen LogP) is 9.28. The van der Waals surface area contributed by atoms with Crippen molar-refractivity contribution in [3.8, 4) is 28.4 Å². The molecule has 1 fully saturated rings. The van der Waals surface area contributed by atoms with E-state index in [4.69, 9.17) is 28.9 Å². The molecule has 3 aromatic rings. The number of aliphatic hydroxyl groups is 2. The summed E-state index contributed by atoms with van der Waals surface area (Å²) < 4.78 is 25.9. The molecule has 1 amide bonds. The summed E-state index contributed by atoms with van der Waals surface area (Å²) in [5, 5.41) is 24.5. The molecule has 10 heteroatoms. The summed E-state index contributed by atoms with van der Waals surface area (Å²) in [7, 11) is 3.08. The van der Waals surface area contributed by atoms with Crippen LogP contribution in [0.15, 0.2) is 102 Å². The third-order valence-corrected chi connectivity index (χ3v) is 11.2. The highest BCUT2D eigenvalue weighted by Crippen LogP contribution is 2.62. The quantitative estimate of drug-likeness (QED) is 0.0842. The molecule has 3 aromatic carbocycles. The number of methoxy groups -OCH3 is 1. The summed E-state index contributed by atoms with van der Waals surface area (Å²) in [4.78, 5) is 21.1. The van der Waals surface area contributed by atoms with Gasteiger partial charge >= 0.3 is 6.09 Å². The molecule has 2 N–H and O–H groups in total. The van der Waals surface area contributed by atoms with Crippen molar-refractivity contribution in [3.63, 3.8) is 0 Å². The summed E-state index contributed by atoms with van der Waals surface area (Å²) in [5.41, 5.74) is 4.35. The van der Waals surface area contributed by atoms with Gasteiger partial charge in [0.2, 0.25) is 5.79 Å². The van der Waals surface area contributed by atoms with E-state index in [2.05, 4.69) is 43.0 Å². The number of amides is 1. The average Bonchev–Trinajstić information content (AvgIpc) is 3.20. The molecule has 0 aromatic heterocycles. The molecule has 2 aliphatic carbocycles. The van der Waals surface area contributed by atoms with Gasteiger partial charge in [-0.2, -0.15) is 0 Å².